The molecule has 3 aromatic carbocycles. The lowest BCUT2D eigenvalue weighted by molar-refractivity contribution is -0.118. The fourth-order valence-electron chi connectivity index (χ4n) is 2.99. The van der Waals surface area contributed by atoms with Crippen LogP contribution in [0.25, 0.3) is 0 Å². The van der Waals surface area contributed by atoms with Crippen molar-refractivity contribution in [3.63, 3.8) is 0 Å². The fourth-order valence-corrected chi connectivity index (χ4v) is 4.32. The van der Waals surface area contributed by atoms with Gasteiger partial charge in [0, 0.05) is 11.4 Å². The van der Waals surface area contributed by atoms with Crippen molar-refractivity contribution in [1.29, 1.82) is 0 Å². The Hall–Kier alpha value is -3.52. The quantitative estimate of drug-likeness (QED) is 0.525. The number of nitrogens with one attached hydrogen (secondary N) is 2. The van der Waals surface area contributed by atoms with E-state index in [1.807, 2.05) is 26.0 Å². The summed E-state index contributed by atoms with van der Waals surface area (Å²) >= 11 is 0. The van der Waals surface area contributed by atoms with E-state index in [1.165, 1.54) is 13.2 Å². The normalized spacial score (nSPS) is 11.0. The molecule has 3 aromatic rings. The van der Waals surface area contributed by atoms with Gasteiger partial charge >= 0.3 is 0 Å². The third-order valence-electron chi connectivity index (χ3n) is 4.95. The van der Waals surface area contributed by atoms with E-state index in [0.29, 0.717) is 28.4 Å². The highest BCUT2D eigenvalue weighted by atomic mass is 32.2. The maximum Gasteiger partial charge on any atom is 0.262 e. The first-order valence-corrected chi connectivity index (χ1v) is 11.4. The van der Waals surface area contributed by atoms with Gasteiger partial charge in [0.1, 0.15) is 11.5 Å². The van der Waals surface area contributed by atoms with Crippen molar-refractivity contribution >= 4 is 27.3 Å². The summed E-state index contributed by atoms with van der Waals surface area (Å²) < 4.78 is 39.0. The summed E-state index contributed by atoms with van der Waals surface area (Å²) in [7, 11) is -2.32. The summed E-state index contributed by atoms with van der Waals surface area (Å²) in [6.45, 7) is 5.47. The van der Waals surface area contributed by atoms with E-state index < -0.39 is 15.9 Å². The second-order valence-electron chi connectivity index (χ2n) is 7.40. The average molecular weight is 455 g/mol. The van der Waals surface area contributed by atoms with E-state index in [1.54, 1.807) is 49.4 Å². The van der Waals surface area contributed by atoms with Crippen LogP contribution in [-0.4, -0.2) is 28.0 Å². The Balaban J connectivity index is 1.69. The first-order chi connectivity index (χ1) is 15.2. The molecule has 0 heterocycles. The van der Waals surface area contributed by atoms with E-state index in [0.717, 1.165) is 11.1 Å². The molecule has 0 unspecified atom stereocenters. The molecule has 0 aliphatic heterocycles. The van der Waals surface area contributed by atoms with E-state index in [-0.39, 0.29) is 11.5 Å². The maximum absolute atomic E-state index is 12.9. The number of ether oxygens (including phenoxy) is 2. The molecule has 0 aromatic heterocycles. The highest BCUT2D eigenvalue weighted by molar-refractivity contribution is 7.92. The number of rotatable bonds is 8. The van der Waals surface area contributed by atoms with Gasteiger partial charge in [-0.3, -0.25) is 9.52 Å². The number of methoxy groups -OCH3 is 1. The Kier molecular flexibility index (Phi) is 7.05. The Morgan fingerprint density at radius 3 is 2.09 bits per heavy atom. The summed E-state index contributed by atoms with van der Waals surface area (Å²) in [5.41, 5.74) is 3.52. The molecular weight excluding hydrogens is 428 g/mol. The van der Waals surface area contributed by atoms with Gasteiger partial charge in [0.15, 0.2) is 6.61 Å². The summed E-state index contributed by atoms with van der Waals surface area (Å²) in [4.78, 5) is 12.4. The van der Waals surface area contributed by atoms with Crippen LogP contribution < -0.4 is 19.5 Å². The van der Waals surface area contributed by atoms with Gasteiger partial charge < -0.3 is 14.8 Å². The van der Waals surface area contributed by atoms with Crippen molar-refractivity contribution in [1.82, 2.24) is 0 Å². The van der Waals surface area contributed by atoms with Gasteiger partial charge in [-0.15, -0.1) is 0 Å². The number of amides is 1. The van der Waals surface area contributed by atoms with Crippen molar-refractivity contribution in [3.05, 3.63) is 77.4 Å². The average Bonchev–Trinajstić information content (AvgIpc) is 2.76. The molecule has 0 aliphatic carbocycles. The molecule has 2 N–H and O–H groups in total. The zero-order chi connectivity index (χ0) is 23.3. The van der Waals surface area contributed by atoms with Gasteiger partial charge in [-0.25, -0.2) is 8.42 Å². The summed E-state index contributed by atoms with van der Waals surface area (Å²) in [6.07, 6.45) is 0. The summed E-state index contributed by atoms with van der Waals surface area (Å²) in [5.74, 6) is 0.828. The van der Waals surface area contributed by atoms with Crippen LogP contribution in [0.2, 0.25) is 0 Å². The van der Waals surface area contributed by atoms with E-state index in [2.05, 4.69) is 10.0 Å². The number of sulfonamides is 1. The largest absolute Gasteiger partial charge is 0.497 e. The molecule has 0 saturated heterocycles. The van der Waals surface area contributed by atoms with Gasteiger partial charge in [-0.05, 0) is 86.0 Å². The molecule has 0 saturated carbocycles. The Bertz CT molecular complexity index is 1220. The van der Waals surface area contributed by atoms with Gasteiger partial charge in [0.2, 0.25) is 0 Å². The molecule has 0 atom stereocenters. The third kappa shape index (κ3) is 5.79. The second-order valence-corrected chi connectivity index (χ2v) is 9.05. The lowest BCUT2D eigenvalue weighted by atomic mass is 10.1. The molecule has 3 rings (SSSR count). The number of carbonyl (C=O) groups excluding carboxylic acids is 1. The molecule has 1 amide bonds. The van der Waals surface area contributed by atoms with Crippen molar-refractivity contribution < 1.29 is 22.7 Å². The van der Waals surface area contributed by atoms with Gasteiger partial charge in [-0.2, -0.15) is 0 Å². The Labute approximate surface area is 188 Å². The van der Waals surface area contributed by atoms with Crippen molar-refractivity contribution in [2.45, 2.75) is 25.7 Å². The SMILES string of the molecule is COc1ccc(NS(=O)(=O)c2cc(NC(=O)COc3ccc(C)c(C)c3)ccc2C)cc1. The smallest absolute Gasteiger partial charge is 0.262 e. The van der Waals surface area contributed by atoms with Crippen LogP contribution in [0, 0.1) is 20.8 Å². The number of carbonyl (C=O) groups is 1. The van der Waals surface area contributed by atoms with Crippen LogP contribution in [0.3, 0.4) is 0 Å². The predicted molar refractivity (Wildman–Crippen MR) is 125 cm³/mol. The van der Waals surface area contributed by atoms with Gasteiger partial charge in [-0.1, -0.05) is 12.1 Å². The van der Waals surface area contributed by atoms with Gasteiger partial charge in [0.25, 0.3) is 15.9 Å². The third-order valence-corrected chi connectivity index (χ3v) is 6.48. The minimum atomic E-state index is -3.86. The predicted octanol–water partition coefficient (Wildman–Crippen LogP) is 4.44. The molecule has 0 spiro atoms. The zero-order valence-electron chi connectivity index (χ0n) is 18.4. The van der Waals surface area contributed by atoms with Crippen LogP contribution in [0.1, 0.15) is 16.7 Å². The van der Waals surface area contributed by atoms with E-state index >= 15 is 0 Å². The van der Waals surface area contributed by atoms with Crippen LogP contribution >= 0.6 is 0 Å². The summed E-state index contributed by atoms with van der Waals surface area (Å²) in [5, 5.41) is 2.68. The highest BCUT2D eigenvalue weighted by Crippen LogP contribution is 2.24. The van der Waals surface area contributed by atoms with Gasteiger partial charge in [0.05, 0.1) is 12.0 Å². The van der Waals surface area contributed by atoms with Crippen LogP contribution in [-0.2, 0) is 14.8 Å². The first-order valence-electron chi connectivity index (χ1n) is 9.95. The standard InChI is InChI=1S/C24H26N2O5S/c1-16-6-10-22(13-18(16)3)31-15-24(27)25-20-7-5-17(2)23(14-20)32(28,29)26-19-8-11-21(30-4)12-9-19/h5-14,26H,15H2,1-4H3,(H,25,27). The number of aryl methyl sites for hydroxylation is 3. The summed E-state index contributed by atoms with van der Waals surface area (Å²) in [6, 6.07) is 16.9. The first kappa shape index (κ1) is 23.1. The second kappa shape index (κ2) is 9.74. The lowest BCUT2D eigenvalue weighted by Crippen LogP contribution is -2.21. The number of anilines is 2. The molecule has 32 heavy (non-hydrogen) atoms. The molecular formula is C24H26N2O5S. The van der Waals surface area contributed by atoms with E-state index in [9.17, 15) is 13.2 Å². The molecule has 168 valence electrons. The molecule has 0 radical (unpaired) electrons. The highest BCUT2D eigenvalue weighted by Gasteiger charge is 2.18. The van der Waals surface area contributed by atoms with Crippen LogP contribution in [0.5, 0.6) is 11.5 Å². The molecule has 8 heteroatoms. The Morgan fingerprint density at radius 2 is 1.44 bits per heavy atom. The monoisotopic (exact) mass is 454 g/mol. The molecule has 7 nitrogen and oxygen atoms in total. The van der Waals surface area contributed by atoms with Crippen molar-refractivity contribution in [2.24, 2.45) is 0 Å². The topological polar surface area (TPSA) is 93.7 Å². The lowest BCUT2D eigenvalue weighted by Gasteiger charge is -2.13. The number of benzene rings is 3. The number of hydrogen-bond donors (Lipinski definition) is 2. The number of hydrogen-bond acceptors (Lipinski definition) is 5. The van der Waals surface area contributed by atoms with Crippen LogP contribution in [0.15, 0.2) is 65.6 Å². The fraction of sp³-hybridized carbons (Fsp3) is 0.208. The zero-order valence-corrected chi connectivity index (χ0v) is 19.2. The minimum Gasteiger partial charge on any atom is -0.497 e. The van der Waals surface area contributed by atoms with Crippen LogP contribution in [0.4, 0.5) is 11.4 Å². The van der Waals surface area contributed by atoms with Crippen molar-refractivity contribution in [2.75, 3.05) is 23.8 Å². The molecule has 0 bridgehead atoms. The minimum absolute atomic E-state index is 0.0706. The maximum atomic E-state index is 12.9. The van der Waals surface area contributed by atoms with E-state index in [4.69, 9.17) is 9.47 Å². The van der Waals surface area contributed by atoms with Crippen molar-refractivity contribution in [3.8, 4) is 11.5 Å². The Morgan fingerprint density at radius 1 is 0.812 bits per heavy atom. The molecule has 0 fully saturated rings. The molecule has 0 aliphatic rings.